The first kappa shape index (κ1) is 29.3. The van der Waals surface area contributed by atoms with E-state index in [1.807, 2.05) is 0 Å². The Balaban J connectivity index is 1.74. The summed E-state index contributed by atoms with van der Waals surface area (Å²) in [7, 11) is 0. The minimum Gasteiger partial charge on any atom is -0.333 e. The number of carbonyl (C=O) groups is 1. The molecule has 2 aromatic heterocycles. The zero-order valence-corrected chi connectivity index (χ0v) is 22.4. The van der Waals surface area contributed by atoms with Gasteiger partial charge < -0.3 is 9.47 Å². The molecule has 1 atom stereocenters. The van der Waals surface area contributed by atoms with Crippen LogP contribution in [0.15, 0.2) is 59.5 Å². The van der Waals surface area contributed by atoms with Crippen molar-refractivity contribution < 1.29 is 35.5 Å². The molecule has 4 aromatic rings. The predicted molar refractivity (Wildman–Crippen MR) is 141 cm³/mol. The molecule has 2 aromatic carbocycles. The van der Waals surface area contributed by atoms with E-state index in [-0.39, 0.29) is 41.7 Å². The summed E-state index contributed by atoms with van der Waals surface area (Å²) < 4.78 is 96.4. The third kappa shape index (κ3) is 5.49. The van der Waals surface area contributed by atoms with Gasteiger partial charge in [0.15, 0.2) is 0 Å². The van der Waals surface area contributed by atoms with Crippen molar-refractivity contribution in [3.05, 3.63) is 99.0 Å². The molecule has 1 amide bonds. The van der Waals surface area contributed by atoms with E-state index in [2.05, 4.69) is 4.98 Å². The highest BCUT2D eigenvalue weighted by atomic mass is 19.4. The first-order valence-corrected chi connectivity index (χ1v) is 13.0. The van der Waals surface area contributed by atoms with Crippen molar-refractivity contribution in [3.63, 3.8) is 0 Å². The van der Waals surface area contributed by atoms with Crippen molar-refractivity contribution in [2.75, 3.05) is 6.54 Å². The Morgan fingerprint density at radius 1 is 0.929 bits per heavy atom. The largest absolute Gasteiger partial charge is 0.416 e. The van der Waals surface area contributed by atoms with Crippen molar-refractivity contribution >= 4 is 16.7 Å². The van der Waals surface area contributed by atoms with Crippen molar-refractivity contribution in [2.24, 2.45) is 5.92 Å². The Kier molecular flexibility index (Phi) is 7.36. The van der Waals surface area contributed by atoms with Gasteiger partial charge in [-0.25, -0.2) is 4.39 Å². The highest BCUT2D eigenvalue weighted by Gasteiger charge is 2.38. The molecule has 0 bridgehead atoms. The smallest absolute Gasteiger partial charge is 0.333 e. The van der Waals surface area contributed by atoms with E-state index in [0.29, 0.717) is 40.8 Å². The maximum Gasteiger partial charge on any atom is 0.416 e. The van der Waals surface area contributed by atoms with Crippen LogP contribution in [0.5, 0.6) is 0 Å². The normalized spacial score (nSPS) is 16.4. The van der Waals surface area contributed by atoms with Gasteiger partial charge in [-0.2, -0.15) is 26.3 Å². The van der Waals surface area contributed by atoms with E-state index in [9.17, 15) is 40.3 Å². The molecule has 1 aliphatic heterocycles. The summed E-state index contributed by atoms with van der Waals surface area (Å²) in [6.45, 7) is 2.99. The summed E-state index contributed by atoms with van der Waals surface area (Å²) in [5, 5.41) is 0.617. The Labute approximate surface area is 235 Å². The predicted octanol–water partition coefficient (Wildman–Crippen LogP) is 7.23. The van der Waals surface area contributed by atoms with Gasteiger partial charge >= 0.3 is 12.4 Å². The lowest BCUT2D eigenvalue weighted by molar-refractivity contribution is -0.143. The Morgan fingerprint density at radius 2 is 1.55 bits per heavy atom. The van der Waals surface area contributed by atoms with Crippen LogP contribution in [0.2, 0.25) is 0 Å². The summed E-state index contributed by atoms with van der Waals surface area (Å²) in [6, 6.07) is 8.01. The van der Waals surface area contributed by atoms with Crippen LogP contribution < -0.4 is 5.56 Å². The van der Waals surface area contributed by atoms with Gasteiger partial charge in [0.25, 0.3) is 11.5 Å². The maximum atomic E-state index is 14.3. The molecule has 1 unspecified atom stereocenters. The average Bonchev–Trinajstić information content (AvgIpc) is 2.90. The second-order valence-electron chi connectivity index (χ2n) is 10.5. The van der Waals surface area contributed by atoms with E-state index in [1.165, 1.54) is 35.0 Å². The molecule has 0 aliphatic carbocycles. The number of benzene rings is 2. The summed E-state index contributed by atoms with van der Waals surface area (Å²) in [5.41, 5.74) is -2.84. The van der Waals surface area contributed by atoms with Gasteiger partial charge in [-0.1, -0.05) is 19.1 Å². The fraction of sp³-hybridized carbons (Fsp3) is 0.300. The third-order valence-electron chi connectivity index (χ3n) is 7.40. The van der Waals surface area contributed by atoms with Gasteiger partial charge in [-0.15, -0.1) is 0 Å². The number of hydrogen-bond acceptors (Lipinski definition) is 3. The van der Waals surface area contributed by atoms with Gasteiger partial charge in [-0.05, 0) is 66.8 Å². The maximum absolute atomic E-state index is 14.3. The van der Waals surface area contributed by atoms with E-state index in [0.717, 1.165) is 4.90 Å². The number of pyridine rings is 2. The number of carbonyl (C=O) groups excluding carboxylic acids is 1. The molecule has 3 heterocycles. The van der Waals surface area contributed by atoms with Gasteiger partial charge in [-0.3, -0.25) is 14.6 Å². The molecule has 42 heavy (non-hydrogen) atoms. The topological polar surface area (TPSA) is 55.2 Å². The number of hydrogen-bond donors (Lipinski definition) is 0. The minimum atomic E-state index is -5.05. The first-order chi connectivity index (χ1) is 19.6. The number of aryl methyl sites for hydroxylation is 1. The average molecular weight is 592 g/mol. The van der Waals surface area contributed by atoms with E-state index in [4.69, 9.17) is 0 Å². The highest BCUT2D eigenvalue weighted by molar-refractivity contribution is 6.08. The number of fused-ring (bicyclic) bond motifs is 2. The quantitative estimate of drug-likeness (QED) is 0.236. The molecule has 0 radical (unpaired) electrons. The summed E-state index contributed by atoms with van der Waals surface area (Å²) in [6.07, 6.45) is -8.26. The summed E-state index contributed by atoms with van der Waals surface area (Å²) in [4.78, 5) is 33.4. The van der Waals surface area contributed by atoms with Crippen LogP contribution in [-0.4, -0.2) is 26.9 Å². The molecule has 0 spiro atoms. The van der Waals surface area contributed by atoms with Crippen molar-refractivity contribution in [2.45, 2.75) is 45.7 Å². The zero-order chi connectivity index (χ0) is 30.6. The SMILES string of the molecule is Cc1nccc2c(-c3ccc(F)cc3)c3n(c(=O)c12)CCC(C)CN(Cc1cc(C(F)(F)F)cc(C(F)(F)F)c1)C3=O. The first-order valence-electron chi connectivity index (χ1n) is 13.0. The number of amides is 1. The summed E-state index contributed by atoms with van der Waals surface area (Å²) >= 11 is 0. The van der Waals surface area contributed by atoms with Crippen LogP contribution in [0, 0.1) is 18.7 Å². The number of rotatable bonds is 3. The van der Waals surface area contributed by atoms with Crippen LogP contribution in [0.4, 0.5) is 30.7 Å². The molecule has 0 saturated heterocycles. The lowest BCUT2D eigenvalue weighted by Crippen LogP contribution is -2.41. The Hall–Kier alpha value is -4.22. The monoisotopic (exact) mass is 591 g/mol. The molecular formula is C30H24F7N3O2. The molecule has 220 valence electrons. The van der Waals surface area contributed by atoms with Crippen LogP contribution >= 0.6 is 0 Å². The Morgan fingerprint density at radius 3 is 2.14 bits per heavy atom. The Bertz CT molecular complexity index is 1710. The second-order valence-corrected chi connectivity index (χ2v) is 10.5. The molecular weight excluding hydrogens is 567 g/mol. The molecule has 0 saturated carbocycles. The van der Waals surface area contributed by atoms with Crippen molar-refractivity contribution in [3.8, 4) is 11.1 Å². The summed E-state index contributed by atoms with van der Waals surface area (Å²) in [5.74, 6) is -1.54. The third-order valence-corrected chi connectivity index (χ3v) is 7.40. The second kappa shape index (κ2) is 10.6. The highest BCUT2D eigenvalue weighted by Crippen LogP contribution is 2.38. The lowest BCUT2D eigenvalue weighted by atomic mass is 9.94. The molecule has 12 heteroatoms. The minimum absolute atomic E-state index is 0.0148. The van der Waals surface area contributed by atoms with Gasteiger partial charge in [0.05, 0.1) is 22.2 Å². The molecule has 0 fully saturated rings. The standard InChI is InChI=1S/C30H24F7N3O2/c1-16-8-10-40-26(25(19-3-5-22(31)6-4-19)23-7-9-38-17(2)24(23)27(40)41)28(42)39(14-16)15-18-11-20(29(32,33)34)13-21(12-18)30(35,36)37/h3-7,9,11-13,16H,8,10,14-15H2,1-2H3. The number of alkyl halides is 6. The number of halogens is 7. The van der Waals surface area contributed by atoms with Crippen LogP contribution in [-0.2, 0) is 25.4 Å². The van der Waals surface area contributed by atoms with Crippen molar-refractivity contribution in [1.29, 1.82) is 0 Å². The molecule has 5 nitrogen and oxygen atoms in total. The fourth-order valence-corrected chi connectivity index (χ4v) is 5.41. The van der Waals surface area contributed by atoms with E-state index >= 15 is 0 Å². The van der Waals surface area contributed by atoms with Gasteiger partial charge in [0.1, 0.15) is 11.5 Å². The molecule has 1 aliphatic rings. The lowest BCUT2D eigenvalue weighted by Gasteiger charge is -2.32. The van der Waals surface area contributed by atoms with Crippen molar-refractivity contribution in [1.82, 2.24) is 14.5 Å². The van der Waals surface area contributed by atoms with Crippen LogP contribution in [0.3, 0.4) is 0 Å². The van der Waals surface area contributed by atoms with Gasteiger partial charge in [0, 0.05) is 36.8 Å². The van der Waals surface area contributed by atoms with Crippen LogP contribution in [0.25, 0.3) is 21.9 Å². The number of nitrogens with zero attached hydrogens (tertiary/aromatic N) is 3. The molecule has 5 rings (SSSR count). The zero-order valence-electron chi connectivity index (χ0n) is 22.4. The fourth-order valence-electron chi connectivity index (χ4n) is 5.41. The molecule has 0 N–H and O–H groups in total. The van der Waals surface area contributed by atoms with Crippen LogP contribution in [0.1, 0.15) is 46.2 Å². The van der Waals surface area contributed by atoms with E-state index in [1.54, 1.807) is 19.9 Å². The van der Waals surface area contributed by atoms with E-state index < -0.39 is 47.3 Å². The van der Waals surface area contributed by atoms with Gasteiger partial charge in [0.2, 0.25) is 0 Å². The number of aromatic nitrogens is 2.